The number of hydrogen-bond donors (Lipinski definition) is 1. The van der Waals surface area contributed by atoms with E-state index in [9.17, 15) is 0 Å². The third kappa shape index (κ3) is 2.80. The smallest absolute Gasteiger partial charge is 0.163 e. The first kappa shape index (κ1) is 13.8. The van der Waals surface area contributed by atoms with E-state index in [2.05, 4.69) is 36.3 Å². The second-order valence-corrected chi connectivity index (χ2v) is 5.45. The number of nitrogens with zero attached hydrogens (tertiary/aromatic N) is 4. The molecule has 0 bridgehead atoms. The third-order valence-electron chi connectivity index (χ3n) is 3.10. The topological polar surface area (TPSA) is 55.6 Å². The van der Waals surface area contributed by atoms with E-state index in [1.165, 1.54) is 0 Å². The fraction of sp³-hybridized carbons (Fsp3) is 0.133. The first-order valence-electron chi connectivity index (χ1n) is 6.48. The van der Waals surface area contributed by atoms with Crippen LogP contribution in [0.15, 0.2) is 47.2 Å². The lowest BCUT2D eigenvalue weighted by molar-refractivity contribution is 0.768. The Kier molecular flexibility index (Phi) is 3.70. The van der Waals surface area contributed by atoms with E-state index < -0.39 is 0 Å². The van der Waals surface area contributed by atoms with Gasteiger partial charge in [-0.2, -0.15) is 5.10 Å². The summed E-state index contributed by atoms with van der Waals surface area (Å²) in [5.41, 5.74) is 2.76. The minimum Gasteiger partial charge on any atom is -0.373 e. The second-order valence-electron chi connectivity index (χ2n) is 4.59. The molecule has 2 aromatic heterocycles. The lowest BCUT2D eigenvalue weighted by Gasteiger charge is -2.08. The van der Waals surface area contributed by atoms with Gasteiger partial charge in [0.25, 0.3) is 0 Å². The van der Waals surface area contributed by atoms with Crippen LogP contribution in [-0.4, -0.2) is 26.8 Å². The van der Waals surface area contributed by atoms with Crippen molar-refractivity contribution >= 4 is 21.7 Å². The van der Waals surface area contributed by atoms with Crippen molar-refractivity contribution in [3.8, 4) is 22.6 Å². The normalized spacial score (nSPS) is 10.6. The first-order valence-corrected chi connectivity index (χ1v) is 7.27. The van der Waals surface area contributed by atoms with Gasteiger partial charge in [0.1, 0.15) is 5.82 Å². The van der Waals surface area contributed by atoms with Gasteiger partial charge >= 0.3 is 0 Å². The largest absolute Gasteiger partial charge is 0.373 e. The predicted octanol–water partition coefficient (Wildman–Crippen LogP) is 3.35. The number of anilines is 1. The molecule has 1 N–H and O–H groups in total. The van der Waals surface area contributed by atoms with Crippen molar-refractivity contribution in [2.45, 2.75) is 0 Å². The highest BCUT2D eigenvalue weighted by Gasteiger charge is 2.11. The Morgan fingerprint density at radius 1 is 1.19 bits per heavy atom. The van der Waals surface area contributed by atoms with Crippen LogP contribution < -0.4 is 5.32 Å². The summed E-state index contributed by atoms with van der Waals surface area (Å²) in [7, 11) is 3.73. The summed E-state index contributed by atoms with van der Waals surface area (Å²) in [4.78, 5) is 9.20. The number of nitrogens with one attached hydrogen (secondary N) is 1. The minimum absolute atomic E-state index is 0.674. The van der Waals surface area contributed by atoms with E-state index in [4.69, 9.17) is 0 Å². The molecule has 0 aliphatic carbocycles. The van der Waals surface area contributed by atoms with Crippen LogP contribution in [0.25, 0.3) is 22.6 Å². The predicted molar refractivity (Wildman–Crippen MR) is 86.9 cm³/mol. The molecule has 0 atom stereocenters. The molecule has 0 aliphatic rings. The van der Waals surface area contributed by atoms with Crippen molar-refractivity contribution < 1.29 is 0 Å². The molecular weight excluding hydrogens is 330 g/mol. The molecule has 21 heavy (non-hydrogen) atoms. The molecule has 3 aromatic rings. The van der Waals surface area contributed by atoms with Crippen LogP contribution in [0.4, 0.5) is 5.82 Å². The molecule has 0 amide bonds. The van der Waals surface area contributed by atoms with Crippen LogP contribution in [0.1, 0.15) is 0 Å². The zero-order valence-corrected chi connectivity index (χ0v) is 13.3. The van der Waals surface area contributed by atoms with E-state index in [-0.39, 0.29) is 0 Å². The summed E-state index contributed by atoms with van der Waals surface area (Å²) >= 11 is 3.55. The average molecular weight is 344 g/mol. The van der Waals surface area contributed by atoms with Crippen molar-refractivity contribution in [1.82, 2.24) is 19.7 Å². The number of aryl methyl sites for hydroxylation is 1. The van der Waals surface area contributed by atoms with Crippen LogP contribution >= 0.6 is 15.9 Å². The quantitative estimate of drug-likeness (QED) is 0.792. The molecule has 0 unspecified atom stereocenters. The first-order chi connectivity index (χ1) is 10.2. The van der Waals surface area contributed by atoms with Crippen molar-refractivity contribution in [1.29, 1.82) is 0 Å². The molecule has 0 radical (unpaired) electrons. The highest BCUT2D eigenvalue weighted by Crippen LogP contribution is 2.28. The van der Waals surface area contributed by atoms with E-state index >= 15 is 0 Å². The van der Waals surface area contributed by atoms with E-state index in [1.807, 2.05) is 50.6 Å². The van der Waals surface area contributed by atoms with E-state index in [1.54, 1.807) is 10.9 Å². The van der Waals surface area contributed by atoms with Gasteiger partial charge in [-0.25, -0.2) is 9.97 Å². The Hall–Kier alpha value is -2.21. The van der Waals surface area contributed by atoms with Gasteiger partial charge in [-0.15, -0.1) is 0 Å². The van der Waals surface area contributed by atoms with Gasteiger partial charge in [0.2, 0.25) is 0 Å². The summed E-state index contributed by atoms with van der Waals surface area (Å²) in [5.74, 6) is 1.45. The van der Waals surface area contributed by atoms with Crippen LogP contribution in [-0.2, 0) is 7.05 Å². The lowest BCUT2D eigenvalue weighted by atomic mass is 10.2. The van der Waals surface area contributed by atoms with E-state index in [0.29, 0.717) is 5.82 Å². The van der Waals surface area contributed by atoms with Gasteiger partial charge in [0, 0.05) is 42.0 Å². The Morgan fingerprint density at radius 3 is 2.67 bits per heavy atom. The van der Waals surface area contributed by atoms with Crippen LogP contribution in [0.3, 0.4) is 0 Å². The molecule has 3 rings (SSSR count). The molecule has 0 fully saturated rings. The molecule has 0 saturated carbocycles. The summed E-state index contributed by atoms with van der Waals surface area (Å²) in [5, 5.41) is 7.27. The number of hydrogen-bond acceptors (Lipinski definition) is 4. The number of aromatic nitrogens is 4. The van der Waals surface area contributed by atoms with Crippen molar-refractivity contribution in [2.75, 3.05) is 12.4 Å². The molecule has 5 nitrogen and oxygen atoms in total. The van der Waals surface area contributed by atoms with Gasteiger partial charge in [0.15, 0.2) is 5.82 Å². The maximum Gasteiger partial charge on any atom is 0.163 e. The minimum atomic E-state index is 0.674. The van der Waals surface area contributed by atoms with Gasteiger partial charge < -0.3 is 5.32 Å². The fourth-order valence-corrected chi connectivity index (χ4v) is 2.50. The summed E-state index contributed by atoms with van der Waals surface area (Å²) < 4.78 is 2.73. The van der Waals surface area contributed by atoms with Gasteiger partial charge in [-0.05, 0) is 6.07 Å². The molecule has 0 saturated heterocycles. The average Bonchev–Trinajstić information content (AvgIpc) is 2.94. The zero-order chi connectivity index (χ0) is 14.8. The Balaban J connectivity index is 2.16. The zero-order valence-electron chi connectivity index (χ0n) is 11.7. The molecule has 6 heteroatoms. The number of halogens is 1. The summed E-state index contributed by atoms with van der Waals surface area (Å²) in [6.45, 7) is 0. The third-order valence-corrected chi connectivity index (χ3v) is 3.79. The Labute approximate surface area is 131 Å². The maximum absolute atomic E-state index is 4.66. The van der Waals surface area contributed by atoms with Crippen molar-refractivity contribution in [3.63, 3.8) is 0 Å². The van der Waals surface area contributed by atoms with Crippen LogP contribution in [0, 0.1) is 0 Å². The Bertz CT molecular complexity index is 781. The van der Waals surface area contributed by atoms with Gasteiger partial charge in [-0.1, -0.05) is 34.1 Å². The van der Waals surface area contributed by atoms with Gasteiger partial charge in [-0.3, -0.25) is 4.68 Å². The molecular formula is C15H14BrN5. The highest BCUT2D eigenvalue weighted by atomic mass is 79.9. The highest BCUT2D eigenvalue weighted by molar-refractivity contribution is 9.10. The summed E-state index contributed by atoms with van der Waals surface area (Å²) in [6.07, 6.45) is 3.73. The molecule has 1 aromatic carbocycles. The fourth-order valence-electron chi connectivity index (χ4n) is 2.04. The summed E-state index contributed by atoms with van der Waals surface area (Å²) in [6, 6.07) is 9.83. The monoisotopic (exact) mass is 343 g/mol. The molecule has 106 valence electrons. The molecule has 0 spiro atoms. The number of benzene rings is 1. The lowest BCUT2D eigenvalue weighted by Crippen LogP contribution is -1.99. The SMILES string of the molecule is CNc1cc(-c2cnn(C)c2)nc(-c2ccccc2Br)n1. The Morgan fingerprint density at radius 2 is 2.00 bits per heavy atom. The van der Waals surface area contributed by atoms with E-state index in [0.717, 1.165) is 27.1 Å². The van der Waals surface area contributed by atoms with Crippen LogP contribution in [0.5, 0.6) is 0 Å². The van der Waals surface area contributed by atoms with Crippen molar-refractivity contribution in [2.24, 2.45) is 7.05 Å². The number of rotatable bonds is 3. The van der Waals surface area contributed by atoms with Crippen molar-refractivity contribution in [3.05, 3.63) is 47.2 Å². The maximum atomic E-state index is 4.66. The molecule has 2 heterocycles. The van der Waals surface area contributed by atoms with Crippen LogP contribution in [0.2, 0.25) is 0 Å². The van der Waals surface area contributed by atoms with Gasteiger partial charge in [0.05, 0.1) is 11.9 Å². The second kappa shape index (κ2) is 5.65. The standard InChI is InChI=1S/C15H14BrN5/c1-17-14-7-13(10-8-18-21(2)9-10)19-15(20-14)11-5-3-4-6-12(11)16/h3-9H,1-2H3,(H,17,19,20). The molecule has 0 aliphatic heterocycles.